The van der Waals surface area contributed by atoms with Crippen molar-refractivity contribution in [1.82, 2.24) is 14.6 Å². The summed E-state index contributed by atoms with van der Waals surface area (Å²) < 4.78 is 7.15. The minimum atomic E-state index is 0.439. The van der Waals surface area contributed by atoms with Crippen molar-refractivity contribution in [2.24, 2.45) is 5.73 Å². The number of hydrogen-bond acceptors (Lipinski definition) is 4. The zero-order valence-electron chi connectivity index (χ0n) is 11.3. The van der Waals surface area contributed by atoms with Crippen LogP contribution in [0.2, 0.25) is 0 Å². The molecular weight excluding hydrogens is 252 g/mol. The van der Waals surface area contributed by atoms with Gasteiger partial charge in [0.2, 0.25) is 0 Å². The van der Waals surface area contributed by atoms with E-state index in [2.05, 4.69) is 10.1 Å². The third kappa shape index (κ3) is 2.23. The highest BCUT2D eigenvalue weighted by Crippen LogP contribution is 2.20. The molecule has 0 bridgehead atoms. The number of benzene rings is 1. The Morgan fingerprint density at radius 2 is 2.00 bits per heavy atom. The van der Waals surface area contributed by atoms with Crippen molar-refractivity contribution in [2.45, 2.75) is 13.0 Å². The van der Waals surface area contributed by atoms with E-state index >= 15 is 0 Å². The van der Waals surface area contributed by atoms with Gasteiger partial charge in [-0.05, 0) is 18.2 Å². The minimum Gasteiger partial charge on any atom is -0.496 e. The van der Waals surface area contributed by atoms with Crippen molar-refractivity contribution >= 4 is 5.65 Å². The fraction of sp³-hybridized carbons (Fsp3) is 0.200. The predicted molar refractivity (Wildman–Crippen MR) is 76.7 cm³/mol. The molecule has 0 radical (unpaired) electrons. The number of nitrogens with zero attached hydrogens (tertiary/aromatic N) is 3. The summed E-state index contributed by atoms with van der Waals surface area (Å²) in [6.45, 7) is 0.439. The van der Waals surface area contributed by atoms with Gasteiger partial charge in [-0.2, -0.15) is 5.10 Å². The molecule has 0 fully saturated rings. The van der Waals surface area contributed by atoms with Crippen molar-refractivity contribution in [3.8, 4) is 5.75 Å². The molecule has 2 heterocycles. The average molecular weight is 268 g/mol. The van der Waals surface area contributed by atoms with E-state index in [4.69, 9.17) is 10.5 Å². The summed E-state index contributed by atoms with van der Waals surface area (Å²) in [4.78, 5) is 4.53. The largest absolute Gasteiger partial charge is 0.496 e. The van der Waals surface area contributed by atoms with E-state index in [0.717, 1.165) is 28.5 Å². The Bertz CT molecular complexity index is 736. The Labute approximate surface area is 117 Å². The van der Waals surface area contributed by atoms with Crippen molar-refractivity contribution < 1.29 is 4.74 Å². The average Bonchev–Trinajstić information content (AvgIpc) is 2.90. The van der Waals surface area contributed by atoms with Gasteiger partial charge < -0.3 is 10.5 Å². The minimum absolute atomic E-state index is 0.439. The molecule has 0 spiro atoms. The highest BCUT2D eigenvalue weighted by atomic mass is 16.5. The monoisotopic (exact) mass is 268 g/mol. The van der Waals surface area contributed by atoms with Crippen LogP contribution in [-0.4, -0.2) is 21.7 Å². The van der Waals surface area contributed by atoms with Crippen LogP contribution in [0.1, 0.15) is 17.1 Å². The Balaban J connectivity index is 1.99. The van der Waals surface area contributed by atoms with Crippen LogP contribution < -0.4 is 10.5 Å². The molecule has 102 valence electrons. The molecule has 0 aliphatic heterocycles. The van der Waals surface area contributed by atoms with Crippen LogP contribution in [0.4, 0.5) is 0 Å². The van der Waals surface area contributed by atoms with Crippen molar-refractivity contribution in [3.05, 3.63) is 59.5 Å². The summed E-state index contributed by atoms with van der Waals surface area (Å²) in [6.07, 6.45) is 0.635. The van der Waals surface area contributed by atoms with Gasteiger partial charge in [0.1, 0.15) is 5.75 Å². The van der Waals surface area contributed by atoms with Crippen molar-refractivity contribution in [2.75, 3.05) is 7.11 Å². The van der Waals surface area contributed by atoms with Gasteiger partial charge in [-0.15, -0.1) is 0 Å². The predicted octanol–water partition coefficient (Wildman–Crippen LogP) is 1.79. The maximum Gasteiger partial charge on any atom is 0.156 e. The van der Waals surface area contributed by atoms with Crippen LogP contribution >= 0.6 is 0 Å². The van der Waals surface area contributed by atoms with Gasteiger partial charge >= 0.3 is 0 Å². The maximum absolute atomic E-state index is 5.71. The SMILES string of the molecule is COc1ccccc1Cc1nc2cccc(CN)n2n1. The first-order valence-corrected chi connectivity index (χ1v) is 6.47. The molecule has 0 aliphatic carbocycles. The topological polar surface area (TPSA) is 65.4 Å². The second-order valence-electron chi connectivity index (χ2n) is 4.51. The zero-order chi connectivity index (χ0) is 13.9. The van der Waals surface area contributed by atoms with Gasteiger partial charge in [0.15, 0.2) is 11.5 Å². The lowest BCUT2D eigenvalue weighted by molar-refractivity contribution is 0.410. The van der Waals surface area contributed by atoms with Gasteiger partial charge in [0.05, 0.1) is 12.8 Å². The molecule has 2 N–H and O–H groups in total. The number of methoxy groups -OCH3 is 1. The molecule has 5 nitrogen and oxygen atoms in total. The van der Waals surface area contributed by atoms with E-state index in [1.54, 1.807) is 11.6 Å². The van der Waals surface area contributed by atoms with Crippen LogP contribution in [-0.2, 0) is 13.0 Å². The summed E-state index contributed by atoms with van der Waals surface area (Å²) >= 11 is 0. The molecule has 0 aliphatic rings. The first-order valence-electron chi connectivity index (χ1n) is 6.47. The Morgan fingerprint density at radius 3 is 2.80 bits per heavy atom. The molecule has 20 heavy (non-hydrogen) atoms. The number of nitrogens with two attached hydrogens (primary N) is 1. The molecule has 0 atom stereocenters. The second-order valence-corrected chi connectivity index (χ2v) is 4.51. The first kappa shape index (κ1) is 12.6. The van der Waals surface area contributed by atoms with Gasteiger partial charge in [-0.1, -0.05) is 24.3 Å². The fourth-order valence-corrected chi connectivity index (χ4v) is 2.25. The smallest absolute Gasteiger partial charge is 0.156 e. The summed E-state index contributed by atoms with van der Waals surface area (Å²) in [7, 11) is 1.67. The van der Waals surface area contributed by atoms with Gasteiger partial charge in [-0.25, -0.2) is 9.50 Å². The van der Waals surface area contributed by atoms with Gasteiger partial charge in [0.25, 0.3) is 0 Å². The Morgan fingerprint density at radius 1 is 1.15 bits per heavy atom. The molecule has 2 aromatic heterocycles. The Hall–Kier alpha value is -2.40. The van der Waals surface area contributed by atoms with Crippen LogP contribution in [0.5, 0.6) is 5.75 Å². The van der Waals surface area contributed by atoms with Crippen LogP contribution in [0.3, 0.4) is 0 Å². The molecule has 0 amide bonds. The number of fused-ring (bicyclic) bond motifs is 1. The standard InChI is InChI=1S/C15H16N4O/c1-20-13-7-3-2-5-11(13)9-14-17-15-8-4-6-12(10-16)19(15)18-14/h2-8H,9-10,16H2,1H3. The van der Waals surface area contributed by atoms with Crippen molar-refractivity contribution in [1.29, 1.82) is 0 Å². The fourth-order valence-electron chi connectivity index (χ4n) is 2.25. The molecule has 3 aromatic rings. The summed E-state index contributed by atoms with van der Waals surface area (Å²) in [5, 5.41) is 4.52. The lowest BCUT2D eigenvalue weighted by atomic mass is 10.1. The number of pyridine rings is 1. The lowest BCUT2D eigenvalue weighted by Gasteiger charge is -2.05. The molecule has 5 heteroatoms. The summed E-state index contributed by atoms with van der Waals surface area (Å²) in [5.74, 6) is 1.61. The number of ether oxygens (including phenoxy) is 1. The first-order chi connectivity index (χ1) is 9.81. The molecular formula is C15H16N4O. The molecule has 0 saturated heterocycles. The normalized spacial score (nSPS) is 10.9. The van der Waals surface area contributed by atoms with E-state index in [0.29, 0.717) is 13.0 Å². The summed E-state index contributed by atoms with van der Waals surface area (Å²) in [6, 6.07) is 13.7. The van der Waals surface area contributed by atoms with Gasteiger partial charge in [-0.3, -0.25) is 0 Å². The molecule has 0 unspecified atom stereocenters. The third-order valence-corrected chi connectivity index (χ3v) is 3.23. The molecule has 3 rings (SSSR count). The number of para-hydroxylation sites is 1. The van der Waals surface area contributed by atoms with Crippen LogP contribution in [0, 0.1) is 0 Å². The third-order valence-electron chi connectivity index (χ3n) is 3.23. The van der Waals surface area contributed by atoms with Crippen LogP contribution in [0.15, 0.2) is 42.5 Å². The second kappa shape index (κ2) is 5.30. The zero-order valence-corrected chi connectivity index (χ0v) is 11.3. The van der Waals surface area contributed by atoms with Crippen LogP contribution in [0.25, 0.3) is 5.65 Å². The van der Waals surface area contributed by atoms with E-state index in [1.807, 2.05) is 42.5 Å². The highest BCUT2D eigenvalue weighted by Gasteiger charge is 2.09. The quantitative estimate of drug-likeness (QED) is 0.783. The molecule has 0 saturated carbocycles. The van der Waals surface area contributed by atoms with E-state index in [9.17, 15) is 0 Å². The van der Waals surface area contributed by atoms with Crippen molar-refractivity contribution in [3.63, 3.8) is 0 Å². The van der Waals surface area contributed by atoms with E-state index in [1.165, 1.54) is 0 Å². The number of rotatable bonds is 4. The number of aromatic nitrogens is 3. The summed E-state index contributed by atoms with van der Waals surface area (Å²) in [5.41, 5.74) is 8.55. The van der Waals surface area contributed by atoms with E-state index in [-0.39, 0.29) is 0 Å². The maximum atomic E-state index is 5.71. The lowest BCUT2D eigenvalue weighted by Crippen LogP contribution is -2.04. The van der Waals surface area contributed by atoms with Gasteiger partial charge in [0, 0.05) is 18.5 Å². The van der Waals surface area contributed by atoms with E-state index < -0.39 is 0 Å². The molecule has 1 aromatic carbocycles. The Kier molecular flexibility index (Phi) is 3.35. The highest BCUT2D eigenvalue weighted by molar-refractivity contribution is 5.41. The number of hydrogen-bond donors (Lipinski definition) is 1.